The van der Waals surface area contributed by atoms with Gasteiger partial charge >= 0.3 is 5.97 Å². The summed E-state index contributed by atoms with van der Waals surface area (Å²) in [4.78, 5) is 27.9. The molecule has 1 aliphatic heterocycles. The first-order chi connectivity index (χ1) is 16.1. The van der Waals surface area contributed by atoms with E-state index >= 15 is 0 Å². The number of carbonyl (C=O) groups excluding carboxylic acids is 1. The van der Waals surface area contributed by atoms with E-state index in [-0.39, 0.29) is 11.3 Å². The number of nitrogens with one attached hydrogen (secondary N) is 1. The zero-order chi connectivity index (χ0) is 24.5. The van der Waals surface area contributed by atoms with E-state index in [1.165, 1.54) is 12.1 Å². The maximum atomic E-state index is 13.2. The molecule has 1 aliphatic carbocycles. The first-order valence-corrected chi connectivity index (χ1v) is 12.4. The summed E-state index contributed by atoms with van der Waals surface area (Å²) in [6.07, 6.45) is 2.84. The van der Waals surface area contributed by atoms with Gasteiger partial charge in [-0.3, -0.25) is 9.59 Å². The lowest BCUT2D eigenvalue weighted by molar-refractivity contribution is -0.140. The van der Waals surface area contributed by atoms with E-state index in [4.69, 9.17) is 5.11 Å². The van der Waals surface area contributed by atoms with Crippen LogP contribution in [0, 0.1) is 5.82 Å². The number of Topliss-reactive ketones (excluding diaryl/α,β-unsaturated/α-hetero) is 1. The number of ketones is 1. The Labute approximate surface area is 197 Å². The van der Waals surface area contributed by atoms with Crippen LogP contribution in [-0.2, 0) is 26.0 Å². The fourth-order valence-corrected chi connectivity index (χ4v) is 5.52. The summed E-state index contributed by atoms with van der Waals surface area (Å²) in [5.41, 5.74) is 2.97. The SMILES string of the molecule is CN1CCN(c2ccc3c(c2CC(=O)CC(=O)O)C=CC3NS(=O)(=O)c2ccc(F)cc2)CC1. The maximum absolute atomic E-state index is 13.2. The van der Waals surface area contributed by atoms with Crippen LogP contribution in [0.1, 0.15) is 29.2 Å². The third-order valence-corrected chi connectivity index (χ3v) is 7.59. The van der Waals surface area contributed by atoms with Crippen LogP contribution in [0.25, 0.3) is 6.08 Å². The quantitative estimate of drug-likeness (QED) is 0.550. The lowest BCUT2D eigenvalue weighted by Gasteiger charge is -2.35. The second-order valence-electron chi connectivity index (χ2n) is 8.55. The molecule has 0 radical (unpaired) electrons. The molecule has 10 heteroatoms. The molecule has 0 bridgehead atoms. The highest BCUT2D eigenvalue weighted by Crippen LogP contribution is 2.37. The number of sulfonamides is 1. The van der Waals surface area contributed by atoms with Crippen LogP contribution in [0.15, 0.2) is 47.4 Å². The van der Waals surface area contributed by atoms with E-state index in [2.05, 4.69) is 14.5 Å². The smallest absolute Gasteiger partial charge is 0.310 e. The number of nitrogens with zero attached hydrogens (tertiary/aromatic N) is 2. The van der Waals surface area contributed by atoms with Gasteiger partial charge in [0.1, 0.15) is 18.0 Å². The molecule has 1 heterocycles. The van der Waals surface area contributed by atoms with Crippen LogP contribution in [0.4, 0.5) is 10.1 Å². The van der Waals surface area contributed by atoms with E-state index < -0.39 is 40.1 Å². The molecule has 2 aromatic carbocycles. The normalized spacial score (nSPS) is 18.2. The van der Waals surface area contributed by atoms with Gasteiger partial charge in [0.15, 0.2) is 0 Å². The first kappa shape index (κ1) is 24.1. The number of anilines is 1. The number of carbonyl (C=O) groups is 2. The molecule has 1 saturated heterocycles. The van der Waals surface area contributed by atoms with Gasteiger partial charge < -0.3 is 14.9 Å². The van der Waals surface area contributed by atoms with Crippen molar-refractivity contribution >= 4 is 33.5 Å². The summed E-state index contributed by atoms with van der Waals surface area (Å²) in [7, 11) is -1.88. The van der Waals surface area contributed by atoms with Gasteiger partial charge in [-0.2, -0.15) is 4.72 Å². The van der Waals surface area contributed by atoms with E-state index in [0.717, 1.165) is 49.6 Å². The molecule has 0 saturated carbocycles. The number of benzene rings is 2. The lowest BCUT2D eigenvalue weighted by Crippen LogP contribution is -2.45. The molecule has 34 heavy (non-hydrogen) atoms. The minimum Gasteiger partial charge on any atom is -0.481 e. The molecule has 2 N–H and O–H groups in total. The molecular weight excluding hydrogens is 461 g/mol. The van der Waals surface area contributed by atoms with Gasteiger partial charge in [-0.1, -0.05) is 18.2 Å². The molecule has 4 rings (SSSR count). The van der Waals surface area contributed by atoms with Crippen molar-refractivity contribution in [3.63, 3.8) is 0 Å². The minimum atomic E-state index is -3.92. The van der Waals surface area contributed by atoms with Gasteiger partial charge in [-0.15, -0.1) is 0 Å². The van der Waals surface area contributed by atoms with Crippen molar-refractivity contribution in [3.8, 4) is 0 Å². The number of piperazine rings is 1. The maximum Gasteiger partial charge on any atom is 0.310 e. The van der Waals surface area contributed by atoms with Crippen molar-refractivity contribution in [2.75, 3.05) is 38.1 Å². The molecular formula is C24H26FN3O5S. The number of carboxylic acid groups (broad SMARTS) is 1. The Morgan fingerprint density at radius 2 is 1.76 bits per heavy atom. The summed E-state index contributed by atoms with van der Waals surface area (Å²) in [5, 5.41) is 9.05. The summed E-state index contributed by atoms with van der Waals surface area (Å²) < 4.78 is 41.5. The number of hydrogen-bond donors (Lipinski definition) is 2. The standard InChI is InChI=1S/C24H26FN3O5S/c1-27-10-12-28(13-11-27)23-9-7-20-19(21(23)14-17(29)15-24(30)31)6-8-22(20)26-34(32,33)18-4-2-16(25)3-5-18/h2-9,22,26H,10-15H2,1H3,(H,30,31). The second kappa shape index (κ2) is 9.65. The van der Waals surface area contributed by atoms with Gasteiger partial charge in [0.25, 0.3) is 0 Å². The van der Waals surface area contributed by atoms with Crippen molar-refractivity contribution < 1.29 is 27.5 Å². The van der Waals surface area contributed by atoms with Crippen LogP contribution in [0.5, 0.6) is 0 Å². The predicted molar refractivity (Wildman–Crippen MR) is 126 cm³/mol. The number of rotatable bonds is 8. The summed E-state index contributed by atoms with van der Waals surface area (Å²) in [6, 6.07) is 7.61. The number of likely N-dealkylation sites (N-methyl/N-ethyl adjacent to an activating group) is 1. The summed E-state index contributed by atoms with van der Waals surface area (Å²) >= 11 is 0. The Bertz CT molecular complexity index is 1240. The Hall–Kier alpha value is -3.08. The van der Waals surface area contributed by atoms with Crippen molar-refractivity contribution in [1.82, 2.24) is 9.62 Å². The highest BCUT2D eigenvalue weighted by molar-refractivity contribution is 7.89. The first-order valence-electron chi connectivity index (χ1n) is 10.9. The van der Waals surface area contributed by atoms with Crippen molar-refractivity contribution in [2.45, 2.75) is 23.8 Å². The lowest BCUT2D eigenvalue weighted by atomic mass is 9.94. The van der Waals surface area contributed by atoms with E-state index in [1.807, 2.05) is 19.2 Å². The third-order valence-electron chi connectivity index (χ3n) is 6.13. The molecule has 180 valence electrons. The zero-order valence-electron chi connectivity index (χ0n) is 18.7. The molecule has 1 fully saturated rings. The molecule has 1 unspecified atom stereocenters. The summed E-state index contributed by atoms with van der Waals surface area (Å²) in [5.74, 6) is -2.13. The van der Waals surface area contributed by atoms with Gasteiger partial charge in [0, 0.05) is 38.3 Å². The Morgan fingerprint density at radius 1 is 1.09 bits per heavy atom. The van der Waals surface area contributed by atoms with Gasteiger partial charge in [0.2, 0.25) is 10.0 Å². The van der Waals surface area contributed by atoms with Crippen molar-refractivity contribution in [3.05, 3.63) is 65.0 Å². The average Bonchev–Trinajstić information content (AvgIpc) is 3.17. The highest BCUT2D eigenvalue weighted by atomic mass is 32.2. The predicted octanol–water partition coefficient (Wildman–Crippen LogP) is 2.21. The molecule has 0 aromatic heterocycles. The van der Waals surface area contributed by atoms with Gasteiger partial charge in [-0.25, -0.2) is 12.8 Å². The van der Waals surface area contributed by atoms with Crippen LogP contribution < -0.4 is 9.62 Å². The second-order valence-corrected chi connectivity index (χ2v) is 10.3. The topological polar surface area (TPSA) is 107 Å². The molecule has 2 aromatic rings. The van der Waals surface area contributed by atoms with Crippen LogP contribution in [0.3, 0.4) is 0 Å². The Balaban J connectivity index is 1.66. The minimum absolute atomic E-state index is 0.0540. The Morgan fingerprint density at radius 3 is 2.41 bits per heavy atom. The highest BCUT2D eigenvalue weighted by Gasteiger charge is 2.29. The fraction of sp³-hybridized carbons (Fsp3) is 0.333. The van der Waals surface area contributed by atoms with E-state index in [0.29, 0.717) is 11.1 Å². The number of hydrogen-bond acceptors (Lipinski definition) is 6. The third kappa shape index (κ3) is 5.19. The monoisotopic (exact) mass is 487 g/mol. The molecule has 8 nitrogen and oxygen atoms in total. The number of halogens is 1. The van der Waals surface area contributed by atoms with Crippen molar-refractivity contribution in [2.24, 2.45) is 0 Å². The zero-order valence-corrected chi connectivity index (χ0v) is 19.5. The van der Waals surface area contributed by atoms with Crippen LogP contribution in [0.2, 0.25) is 0 Å². The number of carboxylic acids is 1. The van der Waals surface area contributed by atoms with Gasteiger partial charge in [0.05, 0.1) is 10.9 Å². The van der Waals surface area contributed by atoms with E-state index in [1.54, 1.807) is 12.2 Å². The van der Waals surface area contributed by atoms with Gasteiger partial charge in [-0.05, 0) is 54.1 Å². The van der Waals surface area contributed by atoms with Crippen LogP contribution >= 0.6 is 0 Å². The molecule has 0 amide bonds. The van der Waals surface area contributed by atoms with Crippen LogP contribution in [-0.4, -0.2) is 63.4 Å². The largest absolute Gasteiger partial charge is 0.481 e. The fourth-order valence-electron chi connectivity index (χ4n) is 4.34. The Kier molecular flexibility index (Phi) is 6.83. The van der Waals surface area contributed by atoms with E-state index in [9.17, 15) is 22.4 Å². The average molecular weight is 488 g/mol. The number of aliphatic carboxylic acids is 1. The molecule has 1 atom stereocenters. The number of fused-ring (bicyclic) bond motifs is 1. The summed E-state index contributed by atoms with van der Waals surface area (Å²) in [6.45, 7) is 3.24. The molecule has 2 aliphatic rings. The molecule has 0 spiro atoms. The van der Waals surface area contributed by atoms with Crippen molar-refractivity contribution in [1.29, 1.82) is 0 Å².